The number of phosphoric ester groups is 3. The number of aromatic nitrogens is 4. The highest BCUT2D eigenvalue weighted by molar-refractivity contribution is 8.15. The van der Waals surface area contributed by atoms with Gasteiger partial charge in [0.2, 0.25) is 11.8 Å². The van der Waals surface area contributed by atoms with Crippen LogP contribution in [0, 0.1) is 5.41 Å². The lowest BCUT2D eigenvalue weighted by Gasteiger charge is -2.30. The van der Waals surface area contributed by atoms with Gasteiger partial charge in [-0.15, -0.1) is 11.3 Å². The predicted molar refractivity (Wildman–Crippen MR) is 220 cm³/mol. The molecule has 0 radical (unpaired) electrons. The zero-order valence-corrected chi connectivity index (χ0v) is 38.1. The van der Waals surface area contributed by atoms with Gasteiger partial charge in [-0.1, -0.05) is 25.6 Å². The van der Waals surface area contributed by atoms with Gasteiger partial charge in [0.15, 0.2) is 17.7 Å². The van der Waals surface area contributed by atoms with E-state index in [4.69, 9.17) is 24.3 Å². The van der Waals surface area contributed by atoms with Gasteiger partial charge in [0, 0.05) is 35.6 Å². The number of nitrogens with one attached hydrogen (secondary N) is 3. The van der Waals surface area contributed by atoms with Crippen molar-refractivity contribution in [2.24, 2.45) is 5.41 Å². The zero-order chi connectivity index (χ0) is 48.1. The highest BCUT2D eigenvalue weighted by Gasteiger charge is 2.50. The standard InChI is InChI=1S/C31H43N8O21P3S2/c1-31(2,22(42)25(43)34-5-3-17(40)33-6-8-64-30(47)26(44)38-27-18(29(45)46)14-4-7-55-10-16(14)65-27)11-57-63(53,54)60-62(51,52)56-9-15-21(59-61(48,49)50)20(41)28(58-15)39-13-37-19-23(32)35-12-36-24(19)39/h12-13,15,20-22,28,41-42H,3-11H2,1-2H3,(H,33,40)(H,34,43)(H,38,44)(H,45,46)(H,51,52)(H,53,54)(H2,32,35,36)(H2,48,49,50). The summed E-state index contributed by atoms with van der Waals surface area (Å²) in [6.07, 6.45) is -6.94. The lowest BCUT2D eigenvalue weighted by atomic mass is 9.87. The van der Waals surface area contributed by atoms with E-state index in [2.05, 4.69) is 39.7 Å². The number of aromatic carboxylic acids is 1. The van der Waals surface area contributed by atoms with Crippen molar-refractivity contribution in [2.75, 3.05) is 49.7 Å². The molecular weight excluding hydrogens is 977 g/mol. The molecule has 2 aliphatic rings. The highest BCUT2D eigenvalue weighted by atomic mass is 32.2. The number of nitrogens with two attached hydrogens (primary N) is 1. The Hall–Kier alpha value is -3.84. The average molecular weight is 1020 g/mol. The van der Waals surface area contributed by atoms with E-state index in [1.807, 2.05) is 0 Å². The number of carboxylic acid groups (broad SMARTS) is 1. The van der Waals surface area contributed by atoms with Crippen LogP contribution in [0.1, 0.15) is 47.3 Å². The van der Waals surface area contributed by atoms with E-state index >= 15 is 0 Å². The van der Waals surface area contributed by atoms with Crippen LogP contribution in [0.4, 0.5) is 10.8 Å². The molecule has 65 heavy (non-hydrogen) atoms. The Labute approximate surface area is 374 Å². The van der Waals surface area contributed by atoms with Gasteiger partial charge in [0.05, 0.1) is 38.3 Å². The maximum absolute atomic E-state index is 12.7. The number of aliphatic hydroxyl groups is 2. The largest absolute Gasteiger partial charge is 0.481 e. The molecule has 12 N–H and O–H groups in total. The molecule has 5 rings (SSSR count). The van der Waals surface area contributed by atoms with Crippen LogP contribution in [0.2, 0.25) is 0 Å². The van der Waals surface area contributed by atoms with Crippen molar-refractivity contribution >= 4 is 97.4 Å². The van der Waals surface area contributed by atoms with E-state index in [0.29, 0.717) is 35.2 Å². The van der Waals surface area contributed by atoms with E-state index in [-0.39, 0.29) is 59.4 Å². The number of amides is 3. The first-order valence-electron chi connectivity index (χ1n) is 18.6. The Morgan fingerprint density at radius 1 is 1.06 bits per heavy atom. The topological polar surface area (TPSA) is 439 Å². The van der Waals surface area contributed by atoms with Gasteiger partial charge >= 0.3 is 35.3 Å². The number of fused-ring (bicyclic) bond motifs is 2. The third-order valence-corrected chi connectivity index (χ3v) is 14.3. The van der Waals surface area contributed by atoms with Gasteiger partial charge in [-0.25, -0.2) is 33.4 Å². The molecule has 0 bridgehead atoms. The molecule has 34 heteroatoms. The van der Waals surface area contributed by atoms with Crippen molar-refractivity contribution in [2.45, 2.75) is 63.9 Å². The van der Waals surface area contributed by atoms with Crippen LogP contribution in [0.15, 0.2) is 12.7 Å². The fraction of sp³-hybridized carbons (Fsp3) is 0.548. The number of hydrogen-bond acceptors (Lipinski definition) is 22. The van der Waals surface area contributed by atoms with Crippen LogP contribution in [-0.4, -0.2) is 146 Å². The molecule has 0 spiro atoms. The highest BCUT2D eigenvalue weighted by Crippen LogP contribution is 2.61. The molecule has 1 fully saturated rings. The SMILES string of the molecule is CC(C)(COP(=O)(O)OP(=O)(O)OCC1OC(n2cnc3c(N)ncnc32)C(O)C1OP(=O)(O)O)C(O)C(=O)NCCC(=O)NCCSC(=O)C(=O)Nc1sc2c(c1C(=O)O)CCOC2. The number of hydrogen-bond donors (Lipinski definition) is 11. The summed E-state index contributed by atoms with van der Waals surface area (Å²) in [5.41, 5.74) is 4.59. The lowest BCUT2D eigenvalue weighted by Crippen LogP contribution is -2.46. The van der Waals surface area contributed by atoms with Crippen LogP contribution in [0.3, 0.4) is 0 Å². The molecule has 7 unspecified atom stereocenters. The average Bonchev–Trinajstić information content (AvgIpc) is 3.90. The molecule has 29 nitrogen and oxygen atoms in total. The summed E-state index contributed by atoms with van der Waals surface area (Å²) in [5, 5.41) is 37.3. The quantitative estimate of drug-likeness (QED) is 0.0351. The van der Waals surface area contributed by atoms with Crippen LogP contribution in [0.5, 0.6) is 0 Å². The number of ether oxygens (including phenoxy) is 2. The second-order valence-corrected chi connectivity index (χ2v) is 20.9. The van der Waals surface area contributed by atoms with Gasteiger partial charge in [-0.3, -0.25) is 37.3 Å². The maximum atomic E-state index is 12.7. The summed E-state index contributed by atoms with van der Waals surface area (Å²) in [7, 11) is -16.5. The molecule has 3 aromatic rings. The lowest BCUT2D eigenvalue weighted by molar-refractivity contribution is -0.137. The Morgan fingerprint density at radius 2 is 1.77 bits per heavy atom. The van der Waals surface area contributed by atoms with Crippen molar-refractivity contribution in [3.63, 3.8) is 0 Å². The number of nitrogens with zero attached hydrogens (tertiary/aromatic N) is 4. The number of anilines is 2. The van der Waals surface area contributed by atoms with Crippen molar-refractivity contribution in [3.05, 3.63) is 28.7 Å². The normalized spacial score (nSPS) is 21.2. The first-order valence-corrected chi connectivity index (χ1v) is 24.9. The van der Waals surface area contributed by atoms with Gasteiger partial charge in [-0.2, -0.15) is 4.31 Å². The summed E-state index contributed by atoms with van der Waals surface area (Å²) < 4.78 is 67.5. The van der Waals surface area contributed by atoms with E-state index in [9.17, 15) is 72.6 Å². The number of carboxylic acids is 1. The zero-order valence-electron chi connectivity index (χ0n) is 33.8. The second-order valence-electron chi connectivity index (χ2n) is 14.5. The summed E-state index contributed by atoms with van der Waals surface area (Å²) in [6.45, 7) is 0.408. The fourth-order valence-corrected chi connectivity index (χ4v) is 10.6. The molecular formula is C31H43N8O21P3S2. The van der Waals surface area contributed by atoms with Crippen LogP contribution in [-0.2, 0) is 73.3 Å². The molecule has 0 aromatic carbocycles. The smallest absolute Gasteiger partial charge is 0.478 e. The van der Waals surface area contributed by atoms with Crippen LogP contribution >= 0.6 is 46.6 Å². The molecule has 2 aliphatic heterocycles. The van der Waals surface area contributed by atoms with Crippen molar-refractivity contribution in [1.82, 2.24) is 30.2 Å². The number of imidazole rings is 1. The molecule has 360 valence electrons. The first kappa shape index (κ1) is 52.1. The molecule has 3 aromatic heterocycles. The molecule has 1 saturated heterocycles. The molecule has 0 aliphatic carbocycles. The van der Waals surface area contributed by atoms with E-state index in [1.54, 1.807) is 0 Å². The molecule has 7 atom stereocenters. The van der Waals surface area contributed by atoms with Gasteiger partial charge < -0.3 is 66.1 Å². The molecule has 0 saturated carbocycles. The Morgan fingerprint density at radius 3 is 2.46 bits per heavy atom. The fourth-order valence-electron chi connectivity index (χ4n) is 6.04. The second kappa shape index (κ2) is 21.4. The number of thiophene rings is 1. The number of aliphatic hydroxyl groups excluding tert-OH is 2. The van der Waals surface area contributed by atoms with Crippen LogP contribution < -0.4 is 21.7 Å². The summed E-state index contributed by atoms with van der Waals surface area (Å²) in [4.78, 5) is 113. The van der Waals surface area contributed by atoms with Crippen molar-refractivity contribution in [1.29, 1.82) is 0 Å². The van der Waals surface area contributed by atoms with Crippen molar-refractivity contribution < 1.29 is 99.9 Å². The molecule has 3 amide bonds. The predicted octanol–water partition coefficient (Wildman–Crippen LogP) is -0.864. The maximum Gasteiger partial charge on any atom is 0.481 e. The third kappa shape index (κ3) is 13.9. The number of phosphoric acid groups is 3. The third-order valence-electron chi connectivity index (χ3n) is 9.18. The minimum absolute atomic E-state index is 0.0101. The first-order chi connectivity index (χ1) is 30.3. The molecule has 5 heterocycles. The van der Waals surface area contributed by atoms with Gasteiger partial charge in [0.25, 0.3) is 5.12 Å². The minimum Gasteiger partial charge on any atom is -0.478 e. The van der Waals surface area contributed by atoms with E-state index < -0.39 is 102 Å². The van der Waals surface area contributed by atoms with Gasteiger partial charge in [0.1, 0.15) is 41.3 Å². The number of carbonyl (C=O) groups excluding carboxylic acids is 4. The summed E-state index contributed by atoms with van der Waals surface area (Å²) in [6, 6.07) is 0. The van der Waals surface area contributed by atoms with E-state index in [1.165, 1.54) is 13.8 Å². The Bertz CT molecular complexity index is 2430. The van der Waals surface area contributed by atoms with Crippen molar-refractivity contribution in [3.8, 4) is 0 Å². The van der Waals surface area contributed by atoms with E-state index in [0.717, 1.165) is 28.6 Å². The summed E-state index contributed by atoms with van der Waals surface area (Å²) in [5.74, 6) is -4.08. The number of carbonyl (C=O) groups is 5. The number of nitrogen functional groups attached to an aromatic ring is 1. The monoisotopic (exact) mass is 1020 g/mol. The minimum atomic E-state index is -5.62. The Balaban J connectivity index is 1.02. The number of rotatable bonds is 21. The van der Waals surface area contributed by atoms with Crippen LogP contribution in [0.25, 0.3) is 11.2 Å². The summed E-state index contributed by atoms with van der Waals surface area (Å²) >= 11 is 1.57. The Kier molecular flexibility index (Phi) is 17.2. The number of thioether (sulfide) groups is 1. The van der Waals surface area contributed by atoms with Gasteiger partial charge in [-0.05, 0) is 12.0 Å².